The Hall–Kier alpha value is -1.17. The van der Waals surface area contributed by atoms with Crippen molar-refractivity contribution in [2.45, 2.75) is 31.3 Å². The molecule has 22 heavy (non-hydrogen) atoms. The summed E-state index contributed by atoms with van der Waals surface area (Å²) >= 11 is 0. The molecule has 1 aromatic rings. The Morgan fingerprint density at radius 1 is 1.27 bits per heavy atom. The van der Waals surface area contributed by atoms with Crippen LogP contribution in [-0.4, -0.2) is 37.0 Å². The van der Waals surface area contributed by atoms with Crippen LogP contribution in [0, 0.1) is 24.7 Å². The summed E-state index contributed by atoms with van der Waals surface area (Å²) in [5, 5.41) is 10.1. The second kappa shape index (κ2) is 5.48. The normalized spacial score (nSPS) is 33.0. The number of hydrogen-bond donors (Lipinski definition) is 1. The molecule has 1 N–H and O–H groups in total. The van der Waals surface area contributed by atoms with E-state index in [0.29, 0.717) is 24.4 Å². The Morgan fingerprint density at radius 2 is 1.91 bits per heavy atom. The molecule has 0 spiro atoms. The average Bonchev–Trinajstić information content (AvgIpc) is 2.76. The fourth-order valence-corrected chi connectivity index (χ4v) is 5.23. The summed E-state index contributed by atoms with van der Waals surface area (Å²) in [6.07, 6.45) is 0.358. The van der Waals surface area contributed by atoms with E-state index in [1.807, 2.05) is 26.0 Å². The summed E-state index contributed by atoms with van der Waals surface area (Å²) in [5.41, 5.74) is 1.96. The van der Waals surface area contributed by atoms with Gasteiger partial charge in [-0.05, 0) is 43.2 Å². The van der Waals surface area contributed by atoms with Crippen LogP contribution < -0.4 is 0 Å². The van der Waals surface area contributed by atoms with Crippen molar-refractivity contribution in [1.29, 1.82) is 0 Å². The van der Waals surface area contributed by atoms with Crippen molar-refractivity contribution in [2.24, 2.45) is 17.8 Å². The summed E-state index contributed by atoms with van der Waals surface area (Å²) in [4.78, 5) is 0.329. The largest absolute Gasteiger partial charge is 0.393 e. The van der Waals surface area contributed by atoms with Crippen molar-refractivity contribution in [2.75, 3.05) is 13.1 Å². The number of aryl methyl sites for hydroxylation is 1. The van der Waals surface area contributed by atoms with E-state index < -0.39 is 10.0 Å². The first-order chi connectivity index (χ1) is 10.3. The van der Waals surface area contributed by atoms with Gasteiger partial charge in [-0.15, -0.1) is 0 Å². The van der Waals surface area contributed by atoms with Gasteiger partial charge in [-0.1, -0.05) is 36.8 Å². The topological polar surface area (TPSA) is 57.6 Å². The van der Waals surface area contributed by atoms with Gasteiger partial charge in [-0.2, -0.15) is 4.31 Å². The van der Waals surface area contributed by atoms with Gasteiger partial charge in [0, 0.05) is 13.1 Å². The SMILES string of the molecule is C=C1CN(S(=O)(=O)c2ccc(C)cc2)CC2C1CC(O)C2C. The highest BCUT2D eigenvalue weighted by Gasteiger charge is 2.46. The molecule has 2 aliphatic rings. The van der Waals surface area contributed by atoms with Crippen molar-refractivity contribution in [3.63, 3.8) is 0 Å². The summed E-state index contributed by atoms with van der Waals surface area (Å²) in [5.74, 6) is 0.517. The number of nitrogens with zero attached hydrogens (tertiary/aromatic N) is 1. The summed E-state index contributed by atoms with van der Waals surface area (Å²) in [6, 6.07) is 6.95. The lowest BCUT2D eigenvalue weighted by atomic mass is 9.83. The second-order valence-electron chi connectivity index (χ2n) is 6.70. The molecule has 1 heterocycles. The summed E-state index contributed by atoms with van der Waals surface area (Å²) in [6.45, 7) is 8.85. The van der Waals surface area contributed by atoms with Crippen LogP contribution in [0.15, 0.2) is 41.3 Å². The van der Waals surface area contributed by atoms with Crippen LogP contribution in [0.2, 0.25) is 0 Å². The van der Waals surface area contributed by atoms with E-state index in [9.17, 15) is 13.5 Å². The number of benzene rings is 1. The number of hydrogen-bond acceptors (Lipinski definition) is 3. The zero-order chi connectivity index (χ0) is 16.1. The van der Waals surface area contributed by atoms with E-state index in [2.05, 4.69) is 6.58 Å². The van der Waals surface area contributed by atoms with E-state index in [1.165, 1.54) is 4.31 Å². The predicted molar refractivity (Wildman–Crippen MR) is 85.8 cm³/mol. The highest BCUT2D eigenvalue weighted by atomic mass is 32.2. The van der Waals surface area contributed by atoms with Gasteiger partial charge in [0.1, 0.15) is 0 Å². The Labute approximate surface area is 132 Å². The van der Waals surface area contributed by atoms with Gasteiger partial charge in [0.25, 0.3) is 0 Å². The van der Waals surface area contributed by atoms with Crippen molar-refractivity contribution >= 4 is 10.0 Å². The molecule has 1 aliphatic heterocycles. The first-order valence-electron chi connectivity index (χ1n) is 7.73. The van der Waals surface area contributed by atoms with Gasteiger partial charge < -0.3 is 5.11 Å². The molecule has 120 valence electrons. The third-order valence-corrected chi connectivity index (χ3v) is 7.10. The molecule has 2 fully saturated rings. The van der Waals surface area contributed by atoms with Crippen LogP contribution in [-0.2, 0) is 10.0 Å². The van der Waals surface area contributed by atoms with E-state index in [1.54, 1.807) is 12.1 Å². The number of aliphatic hydroxyl groups excluding tert-OH is 1. The molecule has 0 radical (unpaired) electrons. The fraction of sp³-hybridized carbons (Fsp3) is 0.529. The molecule has 1 saturated carbocycles. The molecule has 1 aromatic carbocycles. The molecule has 5 heteroatoms. The molecular weight excluding hydrogens is 298 g/mol. The number of piperidine rings is 1. The highest BCUT2D eigenvalue weighted by molar-refractivity contribution is 7.89. The molecule has 4 nitrogen and oxygen atoms in total. The van der Waals surface area contributed by atoms with Crippen LogP contribution in [0.25, 0.3) is 0 Å². The Balaban J connectivity index is 1.89. The van der Waals surface area contributed by atoms with E-state index >= 15 is 0 Å². The van der Waals surface area contributed by atoms with Crippen molar-refractivity contribution < 1.29 is 13.5 Å². The quantitative estimate of drug-likeness (QED) is 0.850. The molecule has 4 unspecified atom stereocenters. The maximum atomic E-state index is 12.8. The van der Waals surface area contributed by atoms with E-state index in [4.69, 9.17) is 0 Å². The minimum Gasteiger partial charge on any atom is -0.393 e. The van der Waals surface area contributed by atoms with Gasteiger partial charge in [-0.3, -0.25) is 0 Å². The predicted octanol–water partition coefficient (Wildman–Crippen LogP) is 2.19. The van der Waals surface area contributed by atoms with Crippen LogP contribution in [0.4, 0.5) is 0 Å². The lowest BCUT2D eigenvalue weighted by Gasteiger charge is -2.37. The third-order valence-electron chi connectivity index (χ3n) is 5.27. The molecule has 4 atom stereocenters. The standard InChI is InChI=1S/C17H23NO3S/c1-11-4-6-14(7-5-11)22(20,21)18-9-12(2)15-8-17(19)13(3)16(15)10-18/h4-7,13,15-17,19H,2,8-10H2,1,3H3. The van der Waals surface area contributed by atoms with Gasteiger partial charge in [0.05, 0.1) is 11.0 Å². The van der Waals surface area contributed by atoms with Crippen LogP contribution in [0.1, 0.15) is 18.9 Å². The number of sulfonamides is 1. The van der Waals surface area contributed by atoms with Crippen molar-refractivity contribution in [3.8, 4) is 0 Å². The minimum absolute atomic E-state index is 0.109. The molecular formula is C17H23NO3S. The fourth-order valence-electron chi connectivity index (χ4n) is 3.75. The second-order valence-corrected chi connectivity index (χ2v) is 8.64. The number of fused-ring (bicyclic) bond motifs is 1. The average molecular weight is 321 g/mol. The maximum absolute atomic E-state index is 12.8. The summed E-state index contributed by atoms with van der Waals surface area (Å²) < 4.78 is 27.2. The minimum atomic E-state index is -3.50. The first kappa shape index (κ1) is 15.7. The molecule has 0 bridgehead atoms. The molecule has 0 amide bonds. The van der Waals surface area contributed by atoms with Crippen LogP contribution in [0.3, 0.4) is 0 Å². The lowest BCUT2D eigenvalue weighted by Crippen LogP contribution is -2.44. The zero-order valence-corrected chi connectivity index (χ0v) is 13.9. The summed E-state index contributed by atoms with van der Waals surface area (Å²) in [7, 11) is -3.50. The van der Waals surface area contributed by atoms with Crippen molar-refractivity contribution in [1.82, 2.24) is 4.31 Å². The molecule has 1 saturated heterocycles. The molecule has 1 aliphatic carbocycles. The Bertz CT molecular complexity index is 680. The lowest BCUT2D eigenvalue weighted by molar-refractivity contribution is 0.122. The number of rotatable bonds is 2. The van der Waals surface area contributed by atoms with Gasteiger partial charge in [0.2, 0.25) is 10.0 Å². The van der Waals surface area contributed by atoms with Crippen LogP contribution in [0.5, 0.6) is 0 Å². The van der Waals surface area contributed by atoms with Gasteiger partial charge in [-0.25, -0.2) is 8.42 Å². The monoisotopic (exact) mass is 321 g/mol. The van der Waals surface area contributed by atoms with E-state index in [-0.39, 0.29) is 23.9 Å². The van der Waals surface area contributed by atoms with Crippen LogP contribution >= 0.6 is 0 Å². The third kappa shape index (κ3) is 2.51. The van der Waals surface area contributed by atoms with Crippen molar-refractivity contribution in [3.05, 3.63) is 42.0 Å². The Morgan fingerprint density at radius 3 is 2.55 bits per heavy atom. The molecule has 0 aromatic heterocycles. The smallest absolute Gasteiger partial charge is 0.243 e. The number of aliphatic hydroxyl groups is 1. The first-order valence-corrected chi connectivity index (χ1v) is 9.17. The zero-order valence-electron chi connectivity index (χ0n) is 13.1. The highest BCUT2D eigenvalue weighted by Crippen LogP contribution is 2.44. The molecule has 3 rings (SSSR count). The Kier molecular flexibility index (Phi) is 3.91. The van der Waals surface area contributed by atoms with E-state index in [0.717, 1.165) is 11.1 Å². The van der Waals surface area contributed by atoms with Gasteiger partial charge >= 0.3 is 0 Å². The maximum Gasteiger partial charge on any atom is 0.243 e. The van der Waals surface area contributed by atoms with Gasteiger partial charge in [0.15, 0.2) is 0 Å².